The maximum atomic E-state index is 5.68. The minimum Gasteiger partial charge on any atom is -0.497 e. The first-order chi connectivity index (χ1) is 16.5. The summed E-state index contributed by atoms with van der Waals surface area (Å²) in [5.41, 5.74) is 4.41. The Hall–Kier alpha value is -3.62. The number of aromatic nitrogens is 5. The van der Waals surface area contributed by atoms with Crippen LogP contribution in [-0.2, 0) is 0 Å². The van der Waals surface area contributed by atoms with Gasteiger partial charge in [-0.25, -0.2) is 4.98 Å². The smallest absolute Gasteiger partial charge is 0.231 e. The maximum absolute atomic E-state index is 5.68. The molecule has 2 unspecified atom stereocenters. The van der Waals surface area contributed by atoms with Gasteiger partial charge in [0.2, 0.25) is 5.89 Å². The van der Waals surface area contributed by atoms with Gasteiger partial charge in [-0.05, 0) is 51.2 Å². The van der Waals surface area contributed by atoms with Crippen LogP contribution in [0.15, 0.2) is 35.1 Å². The second kappa shape index (κ2) is 8.96. The number of rotatable bonds is 9. The summed E-state index contributed by atoms with van der Waals surface area (Å²) in [5.74, 6) is 3.75. The number of fused-ring (bicyclic) bond motifs is 1. The van der Waals surface area contributed by atoms with Crippen molar-refractivity contribution in [2.24, 2.45) is 5.92 Å². The van der Waals surface area contributed by atoms with Gasteiger partial charge in [-0.15, -0.1) is 0 Å². The molecule has 1 N–H and O–H groups in total. The first-order valence-electron chi connectivity index (χ1n) is 11.7. The number of nitrogens with zero attached hydrogens (tertiary/aromatic N) is 5. The summed E-state index contributed by atoms with van der Waals surface area (Å²) in [4.78, 5) is 9.24. The molecule has 9 nitrogen and oxygen atoms in total. The van der Waals surface area contributed by atoms with Gasteiger partial charge in [0.05, 0.1) is 31.4 Å². The molecule has 1 aromatic carbocycles. The standard InChI is InChI=1S/C25H30N6O3/c1-6-19(23(16-7-8-16)25-26-13-27-34-25)29-21-11-14(2)28-24-22(15(3)30-31(21)24)18-10-9-17(32-4)12-20(18)33-5/h9-13,16,19,23,29H,6-8H2,1-5H3. The van der Waals surface area contributed by atoms with E-state index in [4.69, 9.17) is 24.1 Å². The fourth-order valence-corrected chi connectivity index (χ4v) is 4.79. The summed E-state index contributed by atoms with van der Waals surface area (Å²) in [6, 6.07) is 7.96. The number of hydrogen-bond acceptors (Lipinski definition) is 8. The molecule has 1 fully saturated rings. The fourth-order valence-electron chi connectivity index (χ4n) is 4.79. The Morgan fingerprint density at radius 3 is 2.65 bits per heavy atom. The molecule has 0 radical (unpaired) electrons. The average Bonchev–Trinajstić information content (AvgIpc) is 3.41. The highest BCUT2D eigenvalue weighted by atomic mass is 16.5. The Labute approximate surface area is 198 Å². The summed E-state index contributed by atoms with van der Waals surface area (Å²) >= 11 is 0. The summed E-state index contributed by atoms with van der Waals surface area (Å²) in [5, 5.41) is 12.5. The zero-order valence-corrected chi connectivity index (χ0v) is 20.2. The molecule has 2 atom stereocenters. The molecule has 178 valence electrons. The van der Waals surface area contributed by atoms with Crippen molar-refractivity contribution in [1.82, 2.24) is 24.7 Å². The molecule has 5 rings (SSSR count). The largest absolute Gasteiger partial charge is 0.497 e. The molecule has 3 aromatic heterocycles. The highest BCUT2D eigenvalue weighted by Crippen LogP contribution is 2.45. The summed E-state index contributed by atoms with van der Waals surface area (Å²) in [7, 11) is 3.30. The van der Waals surface area contributed by atoms with Crippen molar-refractivity contribution in [1.29, 1.82) is 0 Å². The van der Waals surface area contributed by atoms with E-state index in [0.29, 0.717) is 17.6 Å². The van der Waals surface area contributed by atoms with Gasteiger partial charge in [-0.3, -0.25) is 0 Å². The lowest BCUT2D eigenvalue weighted by Gasteiger charge is -2.25. The van der Waals surface area contributed by atoms with Crippen LogP contribution in [0.1, 0.15) is 49.4 Å². The molecule has 0 aliphatic heterocycles. The van der Waals surface area contributed by atoms with Crippen molar-refractivity contribution >= 4 is 11.5 Å². The second-order valence-corrected chi connectivity index (χ2v) is 8.85. The van der Waals surface area contributed by atoms with Crippen LogP contribution >= 0.6 is 0 Å². The topological polar surface area (TPSA) is 99.6 Å². The van der Waals surface area contributed by atoms with Gasteiger partial charge >= 0.3 is 0 Å². The number of nitrogens with one attached hydrogen (secondary N) is 1. The summed E-state index contributed by atoms with van der Waals surface area (Å²) < 4.78 is 18.4. The van der Waals surface area contributed by atoms with E-state index in [-0.39, 0.29) is 12.0 Å². The number of aryl methyl sites for hydroxylation is 2. The Balaban J connectivity index is 1.59. The summed E-state index contributed by atoms with van der Waals surface area (Å²) in [6.45, 7) is 6.17. The summed E-state index contributed by atoms with van der Waals surface area (Å²) in [6.07, 6.45) is 4.75. The lowest BCUT2D eigenvalue weighted by atomic mass is 9.92. The van der Waals surface area contributed by atoms with E-state index in [1.54, 1.807) is 14.2 Å². The molecular weight excluding hydrogens is 432 g/mol. The molecule has 0 spiro atoms. The van der Waals surface area contributed by atoms with E-state index in [9.17, 15) is 0 Å². The zero-order chi connectivity index (χ0) is 23.8. The molecule has 0 bridgehead atoms. The highest BCUT2D eigenvalue weighted by Gasteiger charge is 2.40. The van der Waals surface area contributed by atoms with Crippen molar-refractivity contribution in [2.45, 2.75) is 52.0 Å². The predicted molar refractivity (Wildman–Crippen MR) is 128 cm³/mol. The van der Waals surface area contributed by atoms with E-state index in [0.717, 1.165) is 46.2 Å². The predicted octanol–water partition coefficient (Wildman–Crippen LogP) is 4.80. The number of methoxy groups -OCH3 is 2. The van der Waals surface area contributed by atoms with Crippen LogP contribution in [0.3, 0.4) is 0 Å². The molecular formula is C25H30N6O3. The third-order valence-corrected chi connectivity index (χ3v) is 6.57. The molecule has 1 saturated carbocycles. The van der Waals surface area contributed by atoms with Crippen LogP contribution in [0, 0.1) is 19.8 Å². The third-order valence-electron chi connectivity index (χ3n) is 6.57. The van der Waals surface area contributed by atoms with Crippen molar-refractivity contribution in [2.75, 3.05) is 19.5 Å². The molecule has 0 amide bonds. The minimum absolute atomic E-state index is 0.126. The highest BCUT2D eigenvalue weighted by molar-refractivity contribution is 5.85. The third kappa shape index (κ3) is 3.95. The Bertz CT molecular complexity index is 1300. The van der Waals surface area contributed by atoms with Crippen LogP contribution in [0.4, 0.5) is 5.82 Å². The molecule has 1 aliphatic rings. The van der Waals surface area contributed by atoms with Gasteiger partial charge in [-0.2, -0.15) is 14.6 Å². The SMILES string of the molecule is CCC(Nc1cc(C)nc2c(-c3ccc(OC)cc3OC)c(C)nn12)C(c1ncno1)C1CC1. The Kier molecular flexibility index (Phi) is 5.85. The van der Waals surface area contributed by atoms with Crippen LogP contribution in [0.25, 0.3) is 16.8 Å². The van der Waals surface area contributed by atoms with Gasteiger partial charge in [-0.1, -0.05) is 12.1 Å². The normalized spacial score (nSPS) is 15.3. The molecule has 3 heterocycles. The van der Waals surface area contributed by atoms with E-state index >= 15 is 0 Å². The number of hydrogen-bond donors (Lipinski definition) is 1. The molecule has 9 heteroatoms. The number of anilines is 1. The van der Waals surface area contributed by atoms with Gasteiger partial charge in [0.15, 0.2) is 12.0 Å². The molecule has 1 aliphatic carbocycles. The first-order valence-corrected chi connectivity index (χ1v) is 11.7. The zero-order valence-electron chi connectivity index (χ0n) is 20.2. The molecule has 0 saturated heterocycles. The first kappa shape index (κ1) is 22.2. The number of benzene rings is 1. The van der Waals surface area contributed by atoms with E-state index < -0.39 is 0 Å². The van der Waals surface area contributed by atoms with Crippen molar-refractivity contribution in [3.63, 3.8) is 0 Å². The second-order valence-electron chi connectivity index (χ2n) is 8.85. The quantitative estimate of drug-likeness (QED) is 0.379. The van der Waals surface area contributed by atoms with Gasteiger partial charge in [0, 0.05) is 29.4 Å². The monoisotopic (exact) mass is 462 g/mol. The van der Waals surface area contributed by atoms with Gasteiger partial charge < -0.3 is 19.3 Å². The minimum atomic E-state index is 0.126. The van der Waals surface area contributed by atoms with Crippen molar-refractivity contribution in [3.05, 3.63) is 47.9 Å². The van der Waals surface area contributed by atoms with Crippen LogP contribution in [-0.4, -0.2) is 45.0 Å². The van der Waals surface area contributed by atoms with Gasteiger partial charge in [0.1, 0.15) is 17.3 Å². The Morgan fingerprint density at radius 2 is 2.00 bits per heavy atom. The number of ether oxygens (including phenoxy) is 2. The lowest BCUT2D eigenvalue weighted by molar-refractivity contribution is 0.320. The van der Waals surface area contributed by atoms with Gasteiger partial charge in [0.25, 0.3) is 0 Å². The molecule has 34 heavy (non-hydrogen) atoms. The van der Waals surface area contributed by atoms with E-state index in [1.807, 2.05) is 42.6 Å². The fraction of sp³-hybridized carbons (Fsp3) is 0.440. The van der Waals surface area contributed by atoms with E-state index in [1.165, 1.54) is 19.2 Å². The van der Waals surface area contributed by atoms with Crippen LogP contribution < -0.4 is 14.8 Å². The van der Waals surface area contributed by atoms with Crippen molar-refractivity contribution in [3.8, 4) is 22.6 Å². The average molecular weight is 463 g/mol. The maximum Gasteiger partial charge on any atom is 0.231 e. The van der Waals surface area contributed by atoms with Crippen molar-refractivity contribution < 1.29 is 14.0 Å². The van der Waals surface area contributed by atoms with Crippen LogP contribution in [0.2, 0.25) is 0 Å². The Morgan fingerprint density at radius 1 is 1.18 bits per heavy atom. The lowest BCUT2D eigenvalue weighted by Crippen LogP contribution is -2.30. The van der Waals surface area contributed by atoms with Crippen LogP contribution in [0.5, 0.6) is 11.5 Å². The van der Waals surface area contributed by atoms with E-state index in [2.05, 4.69) is 22.4 Å². The molecule has 4 aromatic rings.